The molecular weight excluding hydrogens is 398 g/mol. The van der Waals surface area contributed by atoms with Crippen LogP contribution >= 0.6 is 0 Å². The van der Waals surface area contributed by atoms with Gasteiger partial charge in [0.15, 0.2) is 5.65 Å². The summed E-state index contributed by atoms with van der Waals surface area (Å²) in [6, 6.07) is 3.69. The van der Waals surface area contributed by atoms with Crippen molar-refractivity contribution < 1.29 is 9.53 Å². The van der Waals surface area contributed by atoms with Crippen LogP contribution in [0.25, 0.3) is 11.0 Å². The Bertz CT molecular complexity index is 1110. The fraction of sp³-hybridized carbons (Fsp3) is 0.591. The fourth-order valence-electron chi connectivity index (χ4n) is 3.96. The Hall–Kier alpha value is -2.99. The van der Waals surface area contributed by atoms with Crippen molar-refractivity contribution in [3.63, 3.8) is 0 Å². The summed E-state index contributed by atoms with van der Waals surface area (Å²) in [5, 5.41) is 9.23. The fourth-order valence-corrected chi connectivity index (χ4v) is 3.96. The molecule has 0 aliphatic carbocycles. The maximum absolute atomic E-state index is 13.8. The summed E-state index contributed by atoms with van der Waals surface area (Å²) in [5.41, 5.74) is -0.0536. The second kappa shape index (κ2) is 9.88. The maximum atomic E-state index is 13.8. The standard InChI is InChI=1S/C22H29N5O4/c1-4-9-27-19-18(20(28)25-22(27)30)16(13-17(24-19)14(2)3)21(29)26(10-5-8-23)15-6-11-31-12-7-15/h13-15H,4-7,9-12H2,1-3H3,(H,25,28,30). The lowest BCUT2D eigenvalue weighted by Crippen LogP contribution is -2.44. The SMILES string of the molecule is CCCn1c(=O)[nH]c(=O)c2c(C(=O)N(CCC#N)C3CCOCC3)cc(C(C)C)nc21. The Morgan fingerprint density at radius 1 is 1.39 bits per heavy atom. The van der Waals surface area contributed by atoms with E-state index in [2.05, 4.69) is 16.0 Å². The maximum Gasteiger partial charge on any atom is 0.329 e. The summed E-state index contributed by atoms with van der Waals surface area (Å²) in [6.45, 7) is 7.57. The number of aromatic nitrogens is 3. The number of aryl methyl sites for hydroxylation is 1. The largest absolute Gasteiger partial charge is 0.381 e. The second-order valence-corrected chi connectivity index (χ2v) is 8.11. The normalized spacial score (nSPS) is 14.7. The number of ether oxygens (including phenoxy) is 1. The van der Waals surface area contributed by atoms with Gasteiger partial charge in [0.1, 0.15) is 0 Å². The number of hydrogen-bond donors (Lipinski definition) is 1. The van der Waals surface area contributed by atoms with Crippen LogP contribution in [0.4, 0.5) is 0 Å². The Labute approximate surface area is 180 Å². The minimum absolute atomic E-state index is 0.00365. The number of nitrogens with one attached hydrogen (secondary N) is 1. The molecule has 1 N–H and O–H groups in total. The molecule has 1 aliphatic rings. The van der Waals surface area contributed by atoms with E-state index in [4.69, 9.17) is 10.00 Å². The van der Waals surface area contributed by atoms with Crippen molar-refractivity contribution in [1.29, 1.82) is 5.26 Å². The minimum atomic E-state index is -0.620. The highest BCUT2D eigenvalue weighted by Crippen LogP contribution is 2.24. The summed E-state index contributed by atoms with van der Waals surface area (Å²) in [6.07, 6.45) is 2.22. The zero-order valence-corrected chi connectivity index (χ0v) is 18.3. The molecule has 0 radical (unpaired) electrons. The lowest BCUT2D eigenvalue weighted by Gasteiger charge is -2.34. The van der Waals surface area contributed by atoms with Gasteiger partial charge in [0, 0.05) is 38.0 Å². The molecule has 0 unspecified atom stereocenters. The lowest BCUT2D eigenvalue weighted by atomic mass is 10.0. The smallest absolute Gasteiger partial charge is 0.329 e. The third kappa shape index (κ3) is 4.69. The number of nitriles is 1. The average Bonchev–Trinajstić information content (AvgIpc) is 2.76. The van der Waals surface area contributed by atoms with E-state index in [1.54, 1.807) is 11.0 Å². The van der Waals surface area contributed by atoms with Gasteiger partial charge in [-0.3, -0.25) is 19.1 Å². The molecule has 3 rings (SSSR count). The first-order valence-corrected chi connectivity index (χ1v) is 10.8. The quantitative estimate of drug-likeness (QED) is 0.723. The van der Waals surface area contributed by atoms with Crippen molar-refractivity contribution in [2.24, 2.45) is 0 Å². The third-order valence-electron chi connectivity index (χ3n) is 5.59. The molecule has 0 spiro atoms. The molecule has 0 saturated carbocycles. The Balaban J connectivity index is 2.24. The van der Waals surface area contributed by atoms with E-state index >= 15 is 0 Å². The van der Waals surface area contributed by atoms with E-state index in [1.807, 2.05) is 20.8 Å². The first kappa shape index (κ1) is 22.7. The van der Waals surface area contributed by atoms with Crippen molar-refractivity contribution in [3.05, 3.63) is 38.2 Å². The molecule has 1 amide bonds. The summed E-state index contributed by atoms with van der Waals surface area (Å²) >= 11 is 0. The van der Waals surface area contributed by atoms with Gasteiger partial charge in [-0.25, -0.2) is 9.78 Å². The van der Waals surface area contributed by atoms with Crippen molar-refractivity contribution in [1.82, 2.24) is 19.4 Å². The molecule has 9 heteroatoms. The molecule has 166 valence electrons. The van der Waals surface area contributed by atoms with Crippen molar-refractivity contribution in [2.45, 2.75) is 65.0 Å². The first-order chi connectivity index (χ1) is 14.9. The van der Waals surface area contributed by atoms with Crippen LogP contribution in [0.2, 0.25) is 0 Å². The van der Waals surface area contributed by atoms with Crippen LogP contribution in [-0.4, -0.2) is 51.1 Å². The second-order valence-electron chi connectivity index (χ2n) is 8.11. The molecule has 2 aromatic rings. The highest BCUT2D eigenvalue weighted by molar-refractivity contribution is 6.05. The zero-order chi connectivity index (χ0) is 22.5. The molecule has 3 heterocycles. The van der Waals surface area contributed by atoms with Gasteiger partial charge in [0.25, 0.3) is 11.5 Å². The average molecular weight is 428 g/mol. The highest BCUT2D eigenvalue weighted by Gasteiger charge is 2.29. The number of amides is 1. The monoisotopic (exact) mass is 427 g/mol. The van der Waals surface area contributed by atoms with Gasteiger partial charge >= 0.3 is 5.69 Å². The van der Waals surface area contributed by atoms with Crippen LogP contribution in [0.5, 0.6) is 0 Å². The predicted octanol–water partition coefficient (Wildman–Crippen LogP) is 2.15. The molecule has 0 bridgehead atoms. The molecule has 1 fully saturated rings. The number of aromatic amines is 1. The topological polar surface area (TPSA) is 121 Å². The van der Waals surface area contributed by atoms with Crippen molar-refractivity contribution in [3.8, 4) is 6.07 Å². The summed E-state index contributed by atoms with van der Waals surface area (Å²) < 4.78 is 6.85. The Morgan fingerprint density at radius 2 is 2.10 bits per heavy atom. The van der Waals surface area contributed by atoms with Gasteiger partial charge in [-0.1, -0.05) is 20.8 Å². The third-order valence-corrected chi connectivity index (χ3v) is 5.59. The zero-order valence-electron chi connectivity index (χ0n) is 18.3. The number of hydrogen-bond acceptors (Lipinski definition) is 6. The molecule has 0 atom stereocenters. The molecule has 2 aromatic heterocycles. The van der Waals surface area contributed by atoms with E-state index < -0.39 is 11.2 Å². The number of pyridine rings is 1. The van der Waals surface area contributed by atoms with E-state index in [1.165, 1.54) is 4.57 Å². The number of nitrogens with zero attached hydrogens (tertiary/aromatic N) is 4. The molecule has 1 saturated heterocycles. The van der Waals surface area contributed by atoms with Gasteiger partial charge in [-0.15, -0.1) is 0 Å². The van der Waals surface area contributed by atoms with E-state index in [-0.39, 0.29) is 47.4 Å². The number of carbonyl (C=O) groups excluding carboxylic acids is 1. The van der Waals surface area contributed by atoms with Crippen LogP contribution in [0.15, 0.2) is 15.7 Å². The highest BCUT2D eigenvalue weighted by atomic mass is 16.5. The summed E-state index contributed by atoms with van der Waals surface area (Å²) in [4.78, 5) is 47.6. The van der Waals surface area contributed by atoms with E-state index in [0.29, 0.717) is 44.7 Å². The number of H-pyrrole nitrogens is 1. The predicted molar refractivity (Wildman–Crippen MR) is 116 cm³/mol. The van der Waals surface area contributed by atoms with Crippen molar-refractivity contribution >= 4 is 16.9 Å². The number of fused-ring (bicyclic) bond motifs is 1. The van der Waals surface area contributed by atoms with Gasteiger partial charge in [0.2, 0.25) is 0 Å². The Kier molecular flexibility index (Phi) is 7.23. The summed E-state index contributed by atoms with van der Waals surface area (Å²) in [5.74, 6) is -0.320. The molecular formula is C22H29N5O4. The van der Waals surface area contributed by atoms with Crippen LogP contribution in [0.3, 0.4) is 0 Å². The number of rotatable bonds is 7. The van der Waals surface area contributed by atoms with Crippen molar-refractivity contribution in [2.75, 3.05) is 19.8 Å². The van der Waals surface area contributed by atoms with Crippen LogP contribution in [-0.2, 0) is 11.3 Å². The molecule has 31 heavy (non-hydrogen) atoms. The molecule has 9 nitrogen and oxygen atoms in total. The van der Waals surface area contributed by atoms with Crippen LogP contribution < -0.4 is 11.2 Å². The van der Waals surface area contributed by atoms with Gasteiger partial charge < -0.3 is 9.64 Å². The Morgan fingerprint density at radius 3 is 2.71 bits per heavy atom. The van der Waals surface area contributed by atoms with Gasteiger partial charge in [-0.2, -0.15) is 5.26 Å². The van der Waals surface area contributed by atoms with E-state index in [9.17, 15) is 14.4 Å². The summed E-state index contributed by atoms with van der Waals surface area (Å²) in [7, 11) is 0. The molecule has 0 aromatic carbocycles. The lowest BCUT2D eigenvalue weighted by molar-refractivity contribution is 0.0297. The minimum Gasteiger partial charge on any atom is -0.381 e. The molecule has 1 aliphatic heterocycles. The van der Waals surface area contributed by atoms with Gasteiger partial charge in [-0.05, 0) is 31.2 Å². The van der Waals surface area contributed by atoms with Crippen LogP contribution in [0.1, 0.15) is 68.4 Å². The van der Waals surface area contributed by atoms with Gasteiger partial charge in [0.05, 0.1) is 23.4 Å². The first-order valence-electron chi connectivity index (χ1n) is 10.8. The van der Waals surface area contributed by atoms with E-state index in [0.717, 1.165) is 0 Å². The van der Waals surface area contributed by atoms with Crippen LogP contribution in [0, 0.1) is 11.3 Å². The number of carbonyl (C=O) groups is 1.